The molecule has 0 spiro atoms. The van der Waals surface area contributed by atoms with Gasteiger partial charge in [-0.05, 0) is 5.56 Å². The second-order valence-corrected chi connectivity index (χ2v) is 3.54. The molecule has 0 bridgehead atoms. The fourth-order valence-electron chi connectivity index (χ4n) is 1.52. The van der Waals surface area contributed by atoms with E-state index in [1.54, 1.807) is 25.3 Å². The fraction of sp³-hybridized carbons (Fsp3) is 0.167. The minimum Gasteiger partial charge on any atom is -0.248 e. The van der Waals surface area contributed by atoms with Gasteiger partial charge in [-0.1, -0.05) is 36.9 Å². The van der Waals surface area contributed by atoms with Crippen molar-refractivity contribution in [3.05, 3.63) is 42.2 Å². The molecular weight excluding hydrogens is 224 g/mol. The van der Waals surface area contributed by atoms with Gasteiger partial charge in [-0.15, -0.1) is 5.10 Å². The van der Waals surface area contributed by atoms with Gasteiger partial charge in [-0.25, -0.2) is 18.4 Å². The molecule has 1 aromatic carbocycles. The number of aryl methyl sites for hydroxylation is 1. The van der Waals surface area contributed by atoms with Crippen LogP contribution in [-0.4, -0.2) is 14.8 Å². The summed E-state index contributed by atoms with van der Waals surface area (Å²) in [6.07, 6.45) is -0.937. The lowest BCUT2D eigenvalue weighted by Gasteiger charge is -2.00. The zero-order chi connectivity index (χ0) is 12.4. The summed E-state index contributed by atoms with van der Waals surface area (Å²) in [7, 11) is 1.59. The van der Waals surface area contributed by atoms with Crippen molar-refractivity contribution in [3.8, 4) is 11.4 Å². The van der Waals surface area contributed by atoms with Gasteiger partial charge in [-0.3, -0.25) is 0 Å². The first-order valence-electron chi connectivity index (χ1n) is 5.04. The van der Waals surface area contributed by atoms with Crippen LogP contribution in [-0.2, 0) is 7.05 Å². The summed E-state index contributed by atoms with van der Waals surface area (Å²) in [6.45, 7) is 3.65. The predicted molar refractivity (Wildman–Crippen MR) is 61.5 cm³/mol. The number of alkyl halides is 2. The Morgan fingerprint density at radius 1 is 1.29 bits per heavy atom. The van der Waals surface area contributed by atoms with Crippen LogP contribution in [0.15, 0.2) is 30.8 Å². The molecule has 0 radical (unpaired) electrons. The lowest BCUT2D eigenvalue weighted by atomic mass is 10.1. The largest absolute Gasteiger partial charge is 0.299 e. The molecule has 0 fully saturated rings. The molecule has 0 atom stereocenters. The molecule has 0 saturated heterocycles. The number of nitrogens with zero attached hydrogens (tertiary/aromatic N) is 3. The van der Waals surface area contributed by atoms with E-state index in [0.717, 1.165) is 11.1 Å². The van der Waals surface area contributed by atoms with Gasteiger partial charge in [0.05, 0.1) is 0 Å². The van der Waals surface area contributed by atoms with Crippen molar-refractivity contribution in [1.82, 2.24) is 14.8 Å². The lowest BCUT2D eigenvalue weighted by Crippen LogP contribution is -1.94. The summed E-state index contributed by atoms with van der Waals surface area (Å²) in [5.41, 5.74) is 1.71. The highest BCUT2D eigenvalue weighted by molar-refractivity contribution is 5.59. The molecule has 0 aliphatic rings. The van der Waals surface area contributed by atoms with Gasteiger partial charge in [-0.2, -0.15) is 0 Å². The van der Waals surface area contributed by atoms with E-state index >= 15 is 0 Å². The Morgan fingerprint density at radius 3 is 2.41 bits per heavy atom. The molecule has 1 aromatic heterocycles. The molecule has 0 aliphatic heterocycles. The van der Waals surface area contributed by atoms with E-state index in [0.29, 0.717) is 5.82 Å². The van der Waals surface area contributed by atoms with Crippen LogP contribution in [0.4, 0.5) is 8.78 Å². The van der Waals surface area contributed by atoms with Crippen molar-refractivity contribution in [2.45, 2.75) is 6.43 Å². The first-order valence-corrected chi connectivity index (χ1v) is 5.04. The molecule has 0 N–H and O–H groups in total. The van der Waals surface area contributed by atoms with Gasteiger partial charge in [0.15, 0.2) is 5.82 Å². The molecule has 88 valence electrons. The normalized spacial score (nSPS) is 10.8. The summed E-state index contributed by atoms with van der Waals surface area (Å²) in [5.74, 6) is -0.0220. The van der Waals surface area contributed by atoms with Crippen molar-refractivity contribution >= 4 is 6.08 Å². The summed E-state index contributed by atoms with van der Waals surface area (Å²) < 4.78 is 26.2. The Hall–Kier alpha value is -2.04. The molecule has 3 nitrogen and oxygen atoms in total. The topological polar surface area (TPSA) is 30.7 Å². The average Bonchev–Trinajstić information content (AvgIpc) is 2.72. The van der Waals surface area contributed by atoms with Crippen LogP contribution in [0.25, 0.3) is 17.5 Å². The summed E-state index contributed by atoms with van der Waals surface area (Å²) in [5, 5.41) is 3.66. The van der Waals surface area contributed by atoms with Crippen molar-refractivity contribution in [2.75, 3.05) is 0 Å². The minimum absolute atomic E-state index is 0.427. The maximum Gasteiger partial charge on any atom is 0.299 e. The standard InChI is InChI=1S/C12H11F2N3/c1-3-8-4-6-9(7-5-8)12-15-11(10(13)14)16-17(12)2/h3-7,10H,1H2,2H3. The monoisotopic (exact) mass is 235 g/mol. The van der Waals surface area contributed by atoms with Crippen molar-refractivity contribution < 1.29 is 8.78 Å². The molecule has 0 aliphatic carbocycles. The Morgan fingerprint density at radius 2 is 1.94 bits per heavy atom. The van der Waals surface area contributed by atoms with Crippen LogP contribution in [0.1, 0.15) is 17.8 Å². The molecule has 2 aromatic rings. The molecule has 1 heterocycles. The lowest BCUT2D eigenvalue weighted by molar-refractivity contribution is 0.140. The van der Waals surface area contributed by atoms with Gasteiger partial charge < -0.3 is 0 Å². The maximum absolute atomic E-state index is 12.4. The summed E-state index contributed by atoms with van der Waals surface area (Å²) in [6, 6.07) is 7.30. The second kappa shape index (κ2) is 4.45. The third-order valence-electron chi connectivity index (χ3n) is 2.38. The summed E-state index contributed by atoms with van der Waals surface area (Å²) >= 11 is 0. The molecular formula is C12H11F2N3. The molecule has 0 amide bonds. The van der Waals surface area contributed by atoms with E-state index in [1.165, 1.54) is 4.68 Å². The van der Waals surface area contributed by atoms with E-state index in [4.69, 9.17) is 0 Å². The molecule has 0 saturated carbocycles. The Labute approximate surface area is 97.4 Å². The van der Waals surface area contributed by atoms with Crippen molar-refractivity contribution in [2.24, 2.45) is 7.05 Å². The number of halogens is 2. The number of rotatable bonds is 3. The Kier molecular flexibility index (Phi) is 2.99. The molecule has 2 rings (SSSR count). The first kappa shape index (κ1) is 11.4. The van der Waals surface area contributed by atoms with E-state index in [1.807, 2.05) is 12.1 Å². The van der Waals surface area contributed by atoms with E-state index in [9.17, 15) is 8.78 Å². The highest BCUT2D eigenvalue weighted by atomic mass is 19.3. The molecule has 5 heteroatoms. The highest BCUT2D eigenvalue weighted by Crippen LogP contribution is 2.21. The van der Waals surface area contributed by atoms with Crippen LogP contribution in [0, 0.1) is 0 Å². The van der Waals surface area contributed by atoms with Crippen LogP contribution in [0.3, 0.4) is 0 Å². The summed E-state index contributed by atoms with van der Waals surface area (Å²) in [4.78, 5) is 3.81. The van der Waals surface area contributed by atoms with Crippen LogP contribution in [0.5, 0.6) is 0 Å². The second-order valence-electron chi connectivity index (χ2n) is 3.54. The van der Waals surface area contributed by atoms with Crippen LogP contribution in [0.2, 0.25) is 0 Å². The highest BCUT2D eigenvalue weighted by Gasteiger charge is 2.16. The molecule has 17 heavy (non-hydrogen) atoms. The number of hydrogen-bond acceptors (Lipinski definition) is 2. The number of benzene rings is 1. The Bertz CT molecular complexity index is 529. The Balaban J connectivity index is 2.41. The number of aromatic nitrogens is 3. The quantitative estimate of drug-likeness (QED) is 0.818. The zero-order valence-electron chi connectivity index (χ0n) is 9.27. The average molecular weight is 235 g/mol. The third kappa shape index (κ3) is 2.22. The van der Waals surface area contributed by atoms with Gasteiger partial charge in [0.25, 0.3) is 6.43 Å². The van der Waals surface area contributed by atoms with Gasteiger partial charge in [0.1, 0.15) is 0 Å². The smallest absolute Gasteiger partial charge is 0.248 e. The van der Waals surface area contributed by atoms with E-state index in [-0.39, 0.29) is 0 Å². The van der Waals surface area contributed by atoms with E-state index < -0.39 is 12.2 Å². The van der Waals surface area contributed by atoms with Crippen LogP contribution >= 0.6 is 0 Å². The maximum atomic E-state index is 12.4. The predicted octanol–water partition coefficient (Wildman–Crippen LogP) is 3.06. The van der Waals surface area contributed by atoms with Crippen LogP contribution < -0.4 is 0 Å². The van der Waals surface area contributed by atoms with E-state index in [2.05, 4.69) is 16.7 Å². The molecule has 0 unspecified atom stereocenters. The first-order chi connectivity index (χ1) is 8.11. The van der Waals surface area contributed by atoms with Gasteiger partial charge in [0.2, 0.25) is 5.82 Å². The number of hydrogen-bond donors (Lipinski definition) is 0. The zero-order valence-corrected chi connectivity index (χ0v) is 9.27. The minimum atomic E-state index is -2.65. The van der Waals surface area contributed by atoms with Gasteiger partial charge in [0, 0.05) is 12.6 Å². The van der Waals surface area contributed by atoms with Crippen molar-refractivity contribution in [3.63, 3.8) is 0 Å². The van der Waals surface area contributed by atoms with Gasteiger partial charge >= 0.3 is 0 Å². The SMILES string of the molecule is C=Cc1ccc(-c2nc(C(F)F)nn2C)cc1. The third-order valence-corrected chi connectivity index (χ3v) is 2.38. The van der Waals surface area contributed by atoms with Crippen molar-refractivity contribution in [1.29, 1.82) is 0 Å². The fourth-order valence-corrected chi connectivity index (χ4v) is 1.52.